The van der Waals surface area contributed by atoms with Crippen molar-refractivity contribution in [3.8, 4) is 0 Å². The average molecular weight is 247 g/mol. The van der Waals surface area contributed by atoms with Crippen molar-refractivity contribution in [1.82, 2.24) is 9.97 Å². The Morgan fingerprint density at radius 1 is 0.889 bits per heavy atom. The summed E-state index contributed by atoms with van der Waals surface area (Å²) in [7, 11) is 0. The van der Waals surface area contributed by atoms with E-state index in [0.717, 1.165) is 37.9 Å². The summed E-state index contributed by atoms with van der Waals surface area (Å²) < 4.78 is 0. The van der Waals surface area contributed by atoms with Crippen LogP contribution in [-0.2, 0) is 19.3 Å². The van der Waals surface area contributed by atoms with Crippen LogP contribution in [0.25, 0.3) is 0 Å². The van der Waals surface area contributed by atoms with E-state index in [2.05, 4.69) is 36.8 Å². The van der Waals surface area contributed by atoms with Crippen molar-refractivity contribution in [3.63, 3.8) is 0 Å². The summed E-state index contributed by atoms with van der Waals surface area (Å²) in [6.45, 7) is 8.34. The molecule has 1 rings (SSSR count). The lowest BCUT2D eigenvalue weighted by Gasteiger charge is -2.07. The second-order valence-electron chi connectivity index (χ2n) is 4.93. The van der Waals surface area contributed by atoms with Crippen LogP contribution in [0.4, 0.5) is 0 Å². The molecule has 1 radical (unpaired) electrons. The third kappa shape index (κ3) is 5.61. The number of aryl methyl sites for hydroxylation is 3. The van der Waals surface area contributed by atoms with Crippen LogP contribution in [0.3, 0.4) is 0 Å². The topological polar surface area (TPSA) is 25.8 Å². The van der Waals surface area contributed by atoms with Crippen LogP contribution in [0, 0.1) is 6.92 Å². The van der Waals surface area contributed by atoms with Gasteiger partial charge in [-0.2, -0.15) is 0 Å². The van der Waals surface area contributed by atoms with E-state index in [1.807, 2.05) is 0 Å². The predicted molar refractivity (Wildman–Crippen MR) is 77.6 cm³/mol. The van der Waals surface area contributed by atoms with E-state index in [0.29, 0.717) is 0 Å². The van der Waals surface area contributed by atoms with E-state index >= 15 is 0 Å². The van der Waals surface area contributed by atoms with Gasteiger partial charge in [-0.05, 0) is 38.2 Å². The van der Waals surface area contributed by atoms with Crippen LogP contribution < -0.4 is 0 Å². The molecule has 0 amide bonds. The SMILES string of the molecule is [CH2]CCCc1nc(CCCC)cc(CCCC)n1. The summed E-state index contributed by atoms with van der Waals surface area (Å²) in [5.74, 6) is 1.03. The zero-order valence-electron chi connectivity index (χ0n) is 12.0. The average Bonchev–Trinajstić information content (AvgIpc) is 2.40. The van der Waals surface area contributed by atoms with E-state index in [1.165, 1.54) is 37.1 Å². The molecule has 0 N–H and O–H groups in total. The van der Waals surface area contributed by atoms with Crippen LogP contribution in [0.15, 0.2) is 6.07 Å². The number of hydrogen-bond acceptors (Lipinski definition) is 2. The van der Waals surface area contributed by atoms with Crippen molar-refractivity contribution >= 4 is 0 Å². The molecule has 0 atom stereocenters. The number of unbranched alkanes of at least 4 members (excludes halogenated alkanes) is 3. The predicted octanol–water partition coefficient (Wildman–Crippen LogP) is 4.32. The summed E-state index contributed by atoms with van der Waals surface area (Å²) in [6.07, 6.45) is 10.1. The highest BCUT2D eigenvalue weighted by Crippen LogP contribution is 2.10. The van der Waals surface area contributed by atoms with Crippen LogP contribution in [0.1, 0.15) is 69.6 Å². The largest absolute Gasteiger partial charge is 0.238 e. The van der Waals surface area contributed by atoms with Gasteiger partial charge in [-0.25, -0.2) is 9.97 Å². The molecule has 0 saturated carbocycles. The van der Waals surface area contributed by atoms with Gasteiger partial charge in [0.1, 0.15) is 5.82 Å². The first kappa shape index (κ1) is 15.1. The van der Waals surface area contributed by atoms with Gasteiger partial charge in [-0.3, -0.25) is 0 Å². The minimum Gasteiger partial charge on any atom is -0.238 e. The summed E-state index contributed by atoms with van der Waals surface area (Å²) >= 11 is 0. The highest BCUT2D eigenvalue weighted by atomic mass is 14.9. The first-order valence-corrected chi connectivity index (χ1v) is 7.45. The van der Waals surface area contributed by atoms with E-state index < -0.39 is 0 Å². The first-order valence-electron chi connectivity index (χ1n) is 7.45. The summed E-state index contributed by atoms with van der Waals surface area (Å²) in [5, 5.41) is 0. The molecule has 0 bridgehead atoms. The van der Waals surface area contributed by atoms with Gasteiger partial charge in [0.2, 0.25) is 0 Å². The Morgan fingerprint density at radius 2 is 1.44 bits per heavy atom. The molecule has 101 valence electrons. The smallest absolute Gasteiger partial charge is 0.128 e. The minimum absolute atomic E-state index is 0.965. The van der Waals surface area contributed by atoms with Gasteiger partial charge < -0.3 is 0 Å². The van der Waals surface area contributed by atoms with E-state index in [-0.39, 0.29) is 0 Å². The minimum atomic E-state index is 0.965. The van der Waals surface area contributed by atoms with Crippen molar-refractivity contribution in [2.24, 2.45) is 0 Å². The maximum atomic E-state index is 4.68. The molecule has 1 heterocycles. The number of nitrogens with zero attached hydrogens (tertiary/aromatic N) is 2. The molecule has 0 aliphatic rings. The summed E-state index contributed by atoms with van der Waals surface area (Å²) in [4.78, 5) is 9.36. The maximum absolute atomic E-state index is 4.68. The monoisotopic (exact) mass is 247 g/mol. The molecule has 1 aromatic rings. The molecular weight excluding hydrogens is 220 g/mol. The van der Waals surface area contributed by atoms with Gasteiger partial charge in [0.25, 0.3) is 0 Å². The Morgan fingerprint density at radius 3 is 1.89 bits per heavy atom. The molecule has 0 fully saturated rings. The highest BCUT2D eigenvalue weighted by Gasteiger charge is 2.04. The summed E-state index contributed by atoms with van der Waals surface area (Å²) in [5.41, 5.74) is 2.47. The second kappa shape index (κ2) is 9.07. The highest BCUT2D eigenvalue weighted by molar-refractivity contribution is 5.12. The van der Waals surface area contributed by atoms with Gasteiger partial charge in [0.15, 0.2) is 0 Å². The molecule has 0 aromatic carbocycles. The Hall–Kier alpha value is -0.920. The molecule has 0 saturated heterocycles. The lowest BCUT2D eigenvalue weighted by molar-refractivity contribution is 0.710. The fourth-order valence-electron chi connectivity index (χ4n) is 1.98. The zero-order valence-corrected chi connectivity index (χ0v) is 12.0. The lowest BCUT2D eigenvalue weighted by Crippen LogP contribution is -2.04. The van der Waals surface area contributed by atoms with Crippen LogP contribution >= 0.6 is 0 Å². The van der Waals surface area contributed by atoms with Crippen molar-refractivity contribution < 1.29 is 0 Å². The van der Waals surface area contributed by atoms with E-state index in [1.54, 1.807) is 0 Å². The number of rotatable bonds is 9. The summed E-state index contributed by atoms with van der Waals surface area (Å²) in [6, 6.07) is 2.21. The van der Waals surface area contributed by atoms with Crippen LogP contribution in [0.2, 0.25) is 0 Å². The maximum Gasteiger partial charge on any atom is 0.128 e. The quantitative estimate of drug-likeness (QED) is 0.649. The standard InChI is InChI=1S/C16H27N2/c1-4-7-10-14-13-15(11-8-5-2)18-16(17-14)12-9-6-3/h13H,3-12H2,1-2H3. The first-order chi connectivity index (χ1) is 8.80. The van der Waals surface area contributed by atoms with E-state index in [4.69, 9.17) is 0 Å². The van der Waals surface area contributed by atoms with Gasteiger partial charge >= 0.3 is 0 Å². The Balaban J connectivity index is 2.74. The molecule has 0 spiro atoms. The molecule has 18 heavy (non-hydrogen) atoms. The molecule has 1 aromatic heterocycles. The van der Waals surface area contributed by atoms with Crippen molar-refractivity contribution in [1.29, 1.82) is 0 Å². The Kier molecular flexibility index (Phi) is 7.63. The fourth-order valence-corrected chi connectivity index (χ4v) is 1.98. The van der Waals surface area contributed by atoms with Crippen molar-refractivity contribution in [2.75, 3.05) is 0 Å². The fraction of sp³-hybridized carbons (Fsp3) is 0.688. The number of aromatic nitrogens is 2. The molecular formula is C16H27N2. The Labute approximate surface area is 112 Å². The molecule has 0 unspecified atom stereocenters. The lowest BCUT2D eigenvalue weighted by atomic mass is 10.1. The molecule has 0 aliphatic carbocycles. The van der Waals surface area contributed by atoms with E-state index in [9.17, 15) is 0 Å². The van der Waals surface area contributed by atoms with Gasteiger partial charge in [0.05, 0.1) is 0 Å². The third-order valence-corrected chi connectivity index (χ3v) is 3.10. The normalized spacial score (nSPS) is 10.8. The molecule has 0 aliphatic heterocycles. The molecule has 2 heteroatoms. The van der Waals surface area contributed by atoms with Gasteiger partial charge in [-0.15, -0.1) is 0 Å². The number of hydrogen-bond donors (Lipinski definition) is 0. The molecule has 2 nitrogen and oxygen atoms in total. The third-order valence-electron chi connectivity index (χ3n) is 3.10. The van der Waals surface area contributed by atoms with Gasteiger partial charge in [0, 0.05) is 17.8 Å². The van der Waals surface area contributed by atoms with Crippen molar-refractivity contribution in [2.45, 2.75) is 71.6 Å². The van der Waals surface area contributed by atoms with Crippen molar-refractivity contribution in [3.05, 3.63) is 30.2 Å². The zero-order chi connectivity index (χ0) is 13.2. The van der Waals surface area contributed by atoms with Gasteiger partial charge in [-0.1, -0.05) is 40.0 Å². The van der Waals surface area contributed by atoms with Crippen LogP contribution in [0.5, 0.6) is 0 Å². The second-order valence-corrected chi connectivity index (χ2v) is 4.93. The van der Waals surface area contributed by atoms with Crippen LogP contribution in [-0.4, -0.2) is 9.97 Å². The Bertz CT molecular complexity index is 269.